The van der Waals surface area contributed by atoms with Crippen molar-refractivity contribution in [2.45, 2.75) is 20.4 Å². The Morgan fingerprint density at radius 3 is 2.45 bits per heavy atom. The summed E-state index contributed by atoms with van der Waals surface area (Å²) in [5.41, 5.74) is 2.08. The number of furan rings is 1. The van der Waals surface area contributed by atoms with Crippen LogP contribution in [0.2, 0.25) is 0 Å². The Balaban J connectivity index is 2.18. The van der Waals surface area contributed by atoms with Crippen molar-refractivity contribution in [3.63, 3.8) is 0 Å². The first-order valence-electron chi connectivity index (χ1n) is 7.08. The smallest absolute Gasteiger partial charge is 0.308 e. The van der Waals surface area contributed by atoms with Crippen molar-refractivity contribution in [1.29, 1.82) is 0 Å². The molecule has 22 heavy (non-hydrogen) atoms. The third-order valence-corrected chi connectivity index (χ3v) is 3.43. The molecule has 1 aromatic carbocycles. The highest BCUT2D eigenvalue weighted by Gasteiger charge is 2.23. The van der Waals surface area contributed by atoms with E-state index >= 15 is 0 Å². The first-order valence-corrected chi connectivity index (χ1v) is 7.08. The van der Waals surface area contributed by atoms with Gasteiger partial charge in [-0.2, -0.15) is 0 Å². The van der Waals surface area contributed by atoms with Crippen LogP contribution in [0.15, 0.2) is 47.1 Å². The molecule has 1 atom stereocenters. The number of nitrogens with zero attached hydrogens (tertiary/aromatic N) is 1. The summed E-state index contributed by atoms with van der Waals surface area (Å²) in [5, 5.41) is 9.08. The molecule has 1 unspecified atom stereocenters. The van der Waals surface area contributed by atoms with E-state index in [-0.39, 0.29) is 18.2 Å². The number of carboxylic acid groups (broad SMARTS) is 1. The number of hydrogen-bond donors (Lipinski definition) is 1. The molecule has 5 heteroatoms. The zero-order valence-corrected chi connectivity index (χ0v) is 12.7. The fourth-order valence-corrected chi connectivity index (χ4v) is 2.10. The average Bonchev–Trinajstić information content (AvgIpc) is 3.02. The molecule has 1 aromatic heterocycles. The van der Waals surface area contributed by atoms with Crippen molar-refractivity contribution in [1.82, 2.24) is 4.90 Å². The van der Waals surface area contributed by atoms with Gasteiger partial charge in [-0.3, -0.25) is 9.59 Å². The van der Waals surface area contributed by atoms with E-state index < -0.39 is 11.9 Å². The zero-order valence-electron chi connectivity index (χ0n) is 12.7. The van der Waals surface area contributed by atoms with Gasteiger partial charge in [-0.1, -0.05) is 36.8 Å². The number of aliphatic carboxylic acids is 1. The Morgan fingerprint density at radius 1 is 1.23 bits per heavy atom. The molecule has 1 N–H and O–H groups in total. The SMILES string of the molecule is Cc1ccc(CN(CC(C)C(=O)O)C(=O)c2ccco2)cc1. The molecule has 2 aromatic rings. The largest absolute Gasteiger partial charge is 0.481 e. The maximum atomic E-state index is 12.5. The number of amides is 1. The normalized spacial score (nSPS) is 11.9. The predicted octanol–water partition coefficient (Wildman–Crippen LogP) is 2.95. The highest BCUT2D eigenvalue weighted by atomic mass is 16.4. The third kappa shape index (κ3) is 3.97. The third-order valence-electron chi connectivity index (χ3n) is 3.43. The van der Waals surface area contributed by atoms with Crippen LogP contribution in [0.5, 0.6) is 0 Å². The Kier molecular flexibility index (Phi) is 4.99. The van der Waals surface area contributed by atoms with Crippen LogP contribution < -0.4 is 0 Å². The average molecular weight is 301 g/mol. The van der Waals surface area contributed by atoms with E-state index in [0.717, 1.165) is 11.1 Å². The van der Waals surface area contributed by atoms with Crippen LogP contribution in [-0.2, 0) is 11.3 Å². The number of rotatable bonds is 6. The molecule has 0 saturated heterocycles. The number of carbonyl (C=O) groups excluding carboxylic acids is 1. The fraction of sp³-hybridized carbons (Fsp3) is 0.294. The molecule has 0 aliphatic carbocycles. The minimum Gasteiger partial charge on any atom is -0.481 e. The summed E-state index contributed by atoms with van der Waals surface area (Å²) in [4.78, 5) is 25.1. The van der Waals surface area contributed by atoms with Crippen LogP contribution in [-0.4, -0.2) is 28.4 Å². The summed E-state index contributed by atoms with van der Waals surface area (Å²) in [6, 6.07) is 11.0. The van der Waals surface area contributed by atoms with Crippen LogP contribution in [0, 0.1) is 12.8 Å². The van der Waals surface area contributed by atoms with E-state index in [1.165, 1.54) is 11.2 Å². The van der Waals surface area contributed by atoms with Gasteiger partial charge in [0.1, 0.15) is 0 Å². The molecule has 1 amide bonds. The molecular formula is C17H19NO4. The lowest BCUT2D eigenvalue weighted by Gasteiger charge is -2.23. The van der Waals surface area contributed by atoms with Gasteiger partial charge >= 0.3 is 5.97 Å². The molecule has 116 valence electrons. The maximum absolute atomic E-state index is 12.5. The Hall–Kier alpha value is -2.56. The quantitative estimate of drug-likeness (QED) is 0.890. The second-order valence-corrected chi connectivity index (χ2v) is 5.39. The maximum Gasteiger partial charge on any atom is 0.308 e. The molecule has 0 spiro atoms. The highest BCUT2D eigenvalue weighted by Crippen LogP contribution is 2.14. The summed E-state index contributed by atoms with van der Waals surface area (Å²) in [5.74, 6) is -1.67. The van der Waals surface area contributed by atoms with Crippen molar-refractivity contribution in [3.8, 4) is 0 Å². The molecule has 0 saturated carbocycles. The van der Waals surface area contributed by atoms with Gasteiger partial charge in [0.25, 0.3) is 5.91 Å². The van der Waals surface area contributed by atoms with Crippen molar-refractivity contribution >= 4 is 11.9 Å². The summed E-state index contributed by atoms with van der Waals surface area (Å²) in [7, 11) is 0. The Bertz CT molecular complexity index is 631. The standard InChI is InChI=1S/C17H19NO4/c1-12-5-7-14(8-6-12)11-18(10-13(2)17(20)21)16(19)15-4-3-9-22-15/h3-9,13H,10-11H2,1-2H3,(H,20,21). The number of hydrogen-bond acceptors (Lipinski definition) is 3. The van der Waals surface area contributed by atoms with Crippen LogP contribution in [0.25, 0.3) is 0 Å². The highest BCUT2D eigenvalue weighted by molar-refractivity contribution is 5.91. The van der Waals surface area contributed by atoms with Gasteiger partial charge in [0.05, 0.1) is 12.2 Å². The minimum absolute atomic E-state index is 0.128. The summed E-state index contributed by atoms with van der Waals surface area (Å²) in [6.45, 7) is 4.04. The van der Waals surface area contributed by atoms with Gasteiger partial charge in [-0.05, 0) is 24.6 Å². The van der Waals surface area contributed by atoms with Crippen LogP contribution in [0.4, 0.5) is 0 Å². The molecule has 0 radical (unpaired) electrons. The summed E-state index contributed by atoms with van der Waals surface area (Å²) < 4.78 is 5.14. The van der Waals surface area contributed by atoms with Crippen LogP contribution in [0.1, 0.15) is 28.6 Å². The number of carbonyl (C=O) groups is 2. The van der Waals surface area contributed by atoms with Crippen molar-refractivity contribution in [3.05, 3.63) is 59.5 Å². The Morgan fingerprint density at radius 2 is 1.91 bits per heavy atom. The summed E-state index contributed by atoms with van der Waals surface area (Å²) in [6.07, 6.45) is 1.43. The molecule has 0 aliphatic rings. The van der Waals surface area contributed by atoms with Crippen molar-refractivity contribution in [2.75, 3.05) is 6.54 Å². The molecular weight excluding hydrogens is 282 g/mol. The van der Waals surface area contributed by atoms with Gasteiger partial charge in [0, 0.05) is 13.1 Å². The summed E-state index contributed by atoms with van der Waals surface area (Å²) >= 11 is 0. The monoisotopic (exact) mass is 301 g/mol. The minimum atomic E-state index is -0.929. The van der Waals surface area contributed by atoms with Crippen LogP contribution >= 0.6 is 0 Å². The van der Waals surface area contributed by atoms with E-state index in [1.807, 2.05) is 31.2 Å². The van der Waals surface area contributed by atoms with Crippen molar-refractivity contribution in [2.24, 2.45) is 5.92 Å². The van der Waals surface area contributed by atoms with E-state index in [0.29, 0.717) is 6.54 Å². The fourth-order valence-electron chi connectivity index (χ4n) is 2.10. The lowest BCUT2D eigenvalue weighted by Crippen LogP contribution is -2.36. The van der Waals surface area contributed by atoms with Gasteiger partial charge in [-0.25, -0.2) is 0 Å². The zero-order chi connectivity index (χ0) is 16.1. The second-order valence-electron chi connectivity index (χ2n) is 5.39. The van der Waals surface area contributed by atoms with Crippen LogP contribution in [0.3, 0.4) is 0 Å². The predicted molar refractivity (Wildman–Crippen MR) is 81.4 cm³/mol. The molecule has 0 bridgehead atoms. The number of aryl methyl sites for hydroxylation is 1. The van der Waals surface area contributed by atoms with E-state index in [1.54, 1.807) is 19.1 Å². The lowest BCUT2D eigenvalue weighted by atomic mass is 10.1. The molecule has 0 aliphatic heterocycles. The van der Waals surface area contributed by atoms with Gasteiger partial charge < -0.3 is 14.4 Å². The molecule has 1 heterocycles. The number of benzene rings is 1. The first-order chi connectivity index (χ1) is 10.5. The van der Waals surface area contributed by atoms with E-state index in [2.05, 4.69) is 0 Å². The second kappa shape index (κ2) is 6.93. The van der Waals surface area contributed by atoms with Gasteiger partial charge in [-0.15, -0.1) is 0 Å². The van der Waals surface area contributed by atoms with E-state index in [4.69, 9.17) is 9.52 Å². The number of carboxylic acids is 1. The first kappa shape index (κ1) is 15.8. The van der Waals surface area contributed by atoms with Gasteiger partial charge in [0.2, 0.25) is 0 Å². The van der Waals surface area contributed by atoms with E-state index in [9.17, 15) is 9.59 Å². The molecule has 2 rings (SSSR count). The topological polar surface area (TPSA) is 70.8 Å². The Labute approximate surface area is 129 Å². The molecule has 5 nitrogen and oxygen atoms in total. The van der Waals surface area contributed by atoms with Gasteiger partial charge in [0.15, 0.2) is 5.76 Å². The molecule has 0 fully saturated rings. The lowest BCUT2D eigenvalue weighted by molar-refractivity contribution is -0.141. The van der Waals surface area contributed by atoms with Crippen molar-refractivity contribution < 1.29 is 19.1 Å².